The van der Waals surface area contributed by atoms with Crippen LogP contribution in [0.15, 0.2) is 17.5 Å². The van der Waals surface area contributed by atoms with Crippen LogP contribution in [0.1, 0.15) is 44.2 Å². The first-order valence-corrected chi connectivity index (χ1v) is 12.1. The number of carbonyl (C=O) groups is 4. The van der Waals surface area contributed by atoms with Gasteiger partial charge in [0.05, 0.1) is 12.4 Å². The number of rotatable bonds is 11. The van der Waals surface area contributed by atoms with Crippen molar-refractivity contribution in [3.05, 3.63) is 18.2 Å². The largest absolute Gasteiger partial charge is 0.480 e. The van der Waals surface area contributed by atoms with Gasteiger partial charge in [-0.15, -0.1) is 0 Å². The summed E-state index contributed by atoms with van der Waals surface area (Å²) < 4.78 is 0. The molecular weight excluding hydrogens is 470 g/mol. The Balaban J connectivity index is 1.71. The molecule has 36 heavy (non-hydrogen) atoms. The van der Waals surface area contributed by atoms with Gasteiger partial charge in [-0.3, -0.25) is 19.4 Å². The molecule has 198 valence electrons. The van der Waals surface area contributed by atoms with Gasteiger partial charge in [0.2, 0.25) is 17.7 Å². The third-order valence-corrected chi connectivity index (χ3v) is 6.53. The number of nitrogens with zero attached hydrogens (tertiary/aromatic N) is 4. The summed E-state index contributed by atoms with van der Waals surface area (Å²) in [5.41, 5.74) is 17.5. The first-order chi connectivity index (χ1) is 17.2. The van der Waals surface area contributed by atoms with E-state index in [0.29, 0.717) is 50.9 Å². The molecule has 3 amide bonds. The Hall–Kier alpha value is -3.68. The summed E-state index contributed by atoms with van der Waals surface area (Å²) >= 11 is 0. The van der Waals surface area contributed by atoms with Crippen molar-refractivity contribution in [1.82, 2.24) is 25.1 Å². The quantitative estimate of drug-likeness (QED) is 0.110. The first kappa shape index (κ1) is 26.9. The first-order valence-electron chi connectivity index (χ1n) is 12.1. The van der Waals surface area contributed by atoms with Gasteiger partial charge in [-0.2, -0.15) is 0 Å². The Morgan fingerprint density at radius 2 is 1.86 bits per heavy atom. The molecule has 2 aliphatic rings. The molecule has 0 bridgehead atoms. The predicted octanol–water partition coefficient (Wildman–Crippen LogP) is -2.12. The van der Waals surface area contributed by atoms with Gasteiger partial charge < -0.3 is 42.4 Å². The Kier molecular flexibility index (Phi) is 9.22. The Bertz CT molecular complexity index is 963. The predicted molar refractivity (Wildman–Crippen MR) is 129 cm³/mol. The molecule has 2 saturated heterocycles. The number of carbonyl (C=O) groups excluding carboxylic acids is 3. The van der Waals surface area contributed by atoms with Crippen molar-refractivity contribution < 1.29 is 24.3 Å². The summed E-state index contributed by atoms with van der Waals surface area (Å²) in [6.45, 7) is 0.940. The van der Waals surface area contributed by atoms with E-state index in [1.54, 1.807) is 6.20 Å². The Labute approximate surface area is 208 Å². The van der Waals surface area contributed by atoms with E-state index < -0.39 is 42.0 Å². The summed E-state index contributed by atoms with van der Waals surface area (Å²) in [4.78, 5) is 64.8. The summed E-state index contributed by atoms with van der Waals surface area (Å²) in [5, 5.41) is 12.2. The molecule has 1 aromatic heterocycles. The highest BCUT2D eigenvalue weighted by Crippen LogP contribution is 2.26. The van der Waals surface area contributed by atoms with E-state index in [0.717, 1.165) is 0 Å². The minimum Gasteiger partial charge on any atom is -0.480 e. The molecule has 14 heteroatoms. The van der Waals surface area contributed by atoms with Gasteiger partial charge in [0.1, 0.15) is 18.1 Å². The van der Waals surface area contributed by atoms with Gasteiger partial charge in [0.25, 0.3) is 0 Å². The molecule has 3 heterocycles. The van der Waals surface area contributed by atoms with Crippen LogP contribution in [0.2, 0.25) is 0 Å². The van der Waals surface area contributed by atoms with E-state index in [1.165, 1.54) is 16.1 Å². The van der Waals surface area contributed by atoms with E-state index in [4.69, 9.17) is 17.2 Å². The molecule has 9 N–H and O–H groups in total. The van der Waals surface area contributed by atoms with Crippen LogP contribution < -0.4 is 22.5 Å². The van der Waals surface area contributed by atoms with Crippen LogP contribution in [0.3, 0.4) is 0 Å². The van der Waals surface area contributed by atoms with Gasteiger partial charge in [-0.25, -0.2) is 9.78 Å². The number of carboxylic acids is 1. The number of nitrogens with one attached hydrogen (secondary N) is 2. The van der Waals surface area contributed by atoms with Crippen LogP contribution in [0.4, 0.5) is 0 Å². The van der Waals surface area contributed by atoms with Gasteiger partial charge in [-0.1, -0.05) is 0 Å². The topological polar surface area (TPSA) is 226 Å². The number of aromatic amines is 1. The number of aromatic nitrogens is 2. The summed E-state index contributed by atoms with van der Waals surface area (Å²) in [7, 11) is 0. The maximum Gasteiger partial charge on any atom is 0.326 e. The lowest BCUT2D eigenvalue weighted by atomic mass is 10.1. The molecule has 14 nitrogen and oxygen atoms in total. The molecule has 4 atom stereocenters. The highest BCUT2D eigenvalue weighted by atomic mass is 16.4. The van der Waals surface area contributed by atoms with E-state index in [9.17, 15) is 24.3 Å². The number of hydrogen-bond donors (Lipinski definition) is 6. The number of aliphatic imine (C=N–C) groups is 1. The number of guanidine groups is 1. The number of hydrogen-bond acceptors (Lipinski definition) is 7. The van der Waals surface area contributed by atoms with Crippen molar-refractivity contribution >= 4 is 29.7 Å². The maximum atomic E-state index is 13.6. The lowest BCUT2D eigenvalue weighted by Crippen LogP contribution is -2.57. The fourth-order valence-electron chi connectivity index (χ4n) is 4.73. The van der Waals surface area contributed by atoms with Gasteiger partial charge in [0, 0.05) is 37.9 Å². The smallest absolute Gasteiger partial charge is 0.326 e. The van der Waals surface area contributed by atoms with Gasteiger partial charge in [-0.05, 0) is 38.5 Å². The van der Waals surface area contributed by atoms with E-state index in [1.807, 2.05) is 0 Å². The molecule has 3 rings (SSSR count). The fraction of sp³-hybridized carbons (Fsp3) is 0.636. The number of imidazole rings is 1. The second-order valence-electron chi connectivity index (χ2n) is 9.12. The molecule has 0 aliphatic carbocycles. The van der Waals surface area contributed by atoms with Crippen LogP contribution in [-0.2, 0) is 25.6 Å². The van der Waals surface area contributed by atoms with E-state index >= 15 is 0 Å². The van der Waals surface area contributed by atoms with Crippen LogP contribution in [0.5, 0.6) is 0 Å². The lowest BCUT2D eigenvalue weighted by molar-refractivity contribution is -0.152. The molecule has 2 aliphatic heterocycles. The highest BCUT2D eigenvalue weighted by molar-refractivity contribution is 5.94. The third-order valence-electron chi connectivity index (χ3n) is 6.53. The number of H-pyrrole nitrogens is 1. The minimum absolute atomic E-state index is 0.0766. The van der Waals surface area contributed by atoms with Crippen molar-refractivity contribution in [2.75, 3.05) is 19.6 Å². The van der Waals surface area contributed by atoms with Crippen molar-refractivity contribution in [2.24, 2.45) is 22.2 Å². The van der Waals surface area contributed by atoms with Gasteiger partial charge >= 0.3 is 5.97 Å². The molecule has 0 radical (unpaired) electrons. The highest BCUT2D eigenvalue weighted by Gasteiger charge is 2.43. The molecule has 4 unspecified atom stereocenters. The lowest BCUT2D eigenvalue weighted by Gasteiger charge is -2.32. The van der Waals surface area contributed by atoms with Crippen LogP contribution in [-0.4, -0.2) is 98.3 Å². The number of carboxylic acid groups (broad SMARTS) is 1. The van der Waals surface area contributed by atoms with E-state index in [-0.39, 0.29) is 31.3 Å². The van der Waals surface area contributed by atoms with Crippen LogP contribution in [0.25, 0.3) is 0 Å². The number of nitrogens with two attached hydrogens (primary N) is 3. The number of amides is 3. The molecule has 0 saturated carbocycles. The summed E-state index contributed by atoms with van der Waals surface area (Å²) in [5.74, 6) is -2.42. The standard InChI is InChI=1S/C22H35N9O5/c23-14(10-13-11-26-12-28-13)18(32)29-15(4-1-7-27-22(24)25)19(33)30-8-2-5-16(30)20(34)31-9-3-6-17(31)21(35)36/h11-12,14-17H,1-10,23H2,(H,26,28)(H,29,32)(H,35,36)(H4,24,25,27). The molecule has 0 aromatic carbocycles. The minimum atomic E-state index is -1.05. The SMILES string of the molecule is NC(N)=NCCCC(NC(=O)C(N)Cc1cnc[nH]1)C(=O)N1CCCC1C(=O)N1CCCC1C(=O)O. The summed E-state index contributed by atoms with van der Waals surface area (Å²) in [6, 6.07) is -3.52. The second-order valence-corrected chi connectivity index (χ2v) is 9.12. The number of likely N-dealkylation sites (tertiary alicyclic amines) is 2. The zero-order valence-corrected chi connectivity index (χ0v) is 20.1. The third kappa shape index (κ3) is 6.71. The number of aliphatic carboxylic acids is 1. The normalized spacial score (nSPS) is 21.1. The van der Waals surface area contributed by atoms with Crippen molar-refractivity contribution in [3.8, 4) is 0 Å². The van der Waals surface area contributed by atoms with Crippen LogP contribution >= 0.6 is 0 Å². The van der Waals surface area contributed by atoms with Crippen molar-refractivity contribution in [3.63, 3.8) is 0 Å². The zero-order valence-electron chi connectivity index (χ0n) is 20.1. The molecule has 0 spiro atoms. The van der Waals surface area contributed by atoms with E-state index in [2.05, 4.69) is 20.3 Å². The molecule has 1 aromatic rings. The fourth-order valence-corrected chi connectivity index (χ4v) is 4.73. The summed E-state index contributed by atoms with van der Waals surface area (Å²) in [6.07, 6.45) is 5.91. The monoisotopic (exact) mass is 505 g/mol. The Morgan fingerprint density at radius 3 is 2.50 bits per heavy atom. The van der Waals surface area contributed by atoms with Crippen molar-refractivity contribution in [1.29, 1.82) is 0 Å². The second kappa shape index (κ2) is 12.3. The van der Waals surface area contributed by atoms with Crippen LogP contribution in [0, 0.1) is 0 Å². The zero-order chi connectivity index (χ0) is 26.2. The average Bonchev–Trinajstić information content (AvgIpc) is 3.61. The maximum absolute atomic E-state index is 13.6. The van der Waals surface area contributed by atoms with Gasteiger partial charge in [0.15, 0.2) is 5.96 Å². The van der Waals surface area contributed by atoms with Crippen molar-refractivity contribution in [2.45, 2.75) is 69.1 Å². The molecular formula is C22H35N9O5. The Morgan fingerprint density at radius 1 is 1.17 bits per heavy atom. The molecule has 2 fully saturated rings. The average molecular weight is 506 g/mol.